The number of hydrogen-bond donors (Lipinski definition) is 2. The topological polar surface area (TPSA) is 70.6 Å². The second-order valence-corrected chi connectivity index (χ2v) is 7.35. The molecule has 0 spiro atoms. The Hall–Kier alpha value is -3.02. The maximum Gasteiger partial charge on any atom is 0.271 e. The molecule has 142 valence electrons. The van der Waals surface area contributed by atoms with Crippen molar-refractivity contribution in [3.8, 4) is 0 Å². The lowest BCUT2D eigenvalue weighted by Crippen LogP contribution is -2.21. The average molecular weight is 369 g/mol. The number of amides is 2. The predicted octanol–water partition coefficient (Wildman–Crippen LogP) is 4.26. The number of anilines is 1. The van der Waals surface area contributed by atoms with E-state index in [1.165, 1.54) is 18.2 Å². The summed E-state index contributed by atoms with van der Waals surface area (Å²) in [6, 6.07) is 13.0. The van der Waals surface area contributed by atoms with Gasteiger partial charge in [0.15, 0.2) is 0 Å². The molecule has 0 aromatic heterocycles. The first-order valence-corrected chi connectivity index (χ1v) is 8.64. The van der Waals surface area contributed by atoms with E-state index in [2.05, 4.69) is 36.6 Å². The summed E-state index contributed by atoms with van der Waals surface area (Å²) in [5, 5.41) is 6.53. The summed E-state index contributed by atoms with van der Waals surface area (Å²) in [5.41, 5.74) is 4.88. The highest BCUT2D eigenvalue weighted by Crippen LogP contribution is 2.22. The molecule has 0 aliphatic rings. The molecule has 0 saturated carbocycles. The molecule has 0 atom stereocenters. The smallest absolute Gasteiger partial charge is 0.271 e. The molecule has 0 radical (unpaired) electrons. The molecule has 5 nitrogen and oxygen atoms in total. The third-order valence-corrected chi connectivity index (χ3v) is 3.89. The molecule has 0 aliphatic heterocycles. The fourth-order valence-corrected chi connectivity index (χ4v) is 2.38. The molecule has 6 heteroatoms. The van der Waals surface area contributed by atoms with Crippen molar-refractivity contribution in [2.45, 2.75) is 39.5 Å². The van der Waals surface area contributed by atoms with Crippen molar-refractivity contribution in [1.82, 2.24) is 5.43 Å². The molecular weight excluding hydrogens is 345 g/mol. The van der Waals surface area contributed by atoms with Crippen LogP contribution in [-0.2, 0) is 10.2 Å². The number of halogens is 1. The van der Waals surface area contributed by atoms with Crippen molar-refractivity contribution in [2.75, 3.05) is 5.32 Å². The Labute approximate surface area is 158 Å². The third kappa shape index (κ3) is 6.33. The van der Waals surface area contributed by atoms with Crippen molar-refractivity contribution < 1.29 is 14.0 Å². The number of hydrogen-bond acceptors (Lipinski definition) is 3. The second-order valence-electron chi connectivity index (χ2n) is 7.35. The maximum absolute atomic E-state index is 13.1. The predicted molar refractivity (Wildman–Crippen MR) is 105 cm³/mol. The van der Waals surface area contributed by atoms with E-state index < -0.39 is 5.82 Å². The summed E-state index contributed by atoms with van der Waals surface area (Å²) in [5.74, 6) is -1.12. The van der Waals surface area contributed by atoms with E-state index in [4.69, 9.17) is 0 Å². The van der Waals surface area contributed by atoms with Gasteiger partial charge in [-0.25, -0.2) is 9.82 Å². The summed E-state index contributed by atoms with van der Waals surface area (Å²) < 4.78 is 13.1. The van der Waals surface area contributed by atoms with Gasteiger partial charge >= 0.3 is 0 Å². The summed E-state index contributed by atoms with van der Waals surface area (Å²) in [6.45, 7) is 7.94. The van der Waals surface area contributed by atoms with Crippen LogP contribution < -0.4 is 10.7 Å². The summed E-state index contributed by atoms with van der Waals surface area (Å²) in [6.07, 6.45) is -0.0141. The third-order valence-electron chi connectivity index (χ3n) is 3.89. The van der Waals surface area contributed by atoms with Crippen LogP contribution in [0.2, 0.25) is 0 Å². The quantitative estimate of drug-likeness (QED) is 0.611. The number of nitrogens with zero attached hydrogens (tertiary/aromatic N) is 1. The number of nitrogens with one attached hydrogen (secondary N) is 2. The van der Waals surface area contributed by atoms with E-state index in [1.54, 1.807) is 25.1 Å². The minimum atomic E-state index is -0.428. The van der Waals surface area contributed by atoms with Crippen LogP contribution in [0.4, 0.5) is 10.1 Å². The molecule has 0 aliphatic carbocycles. The number of hydrazone groups is 1. The van der Waals surface area contributed by atoms with Gasteiger partial charge in [0.25, 0.3) is 5.91 Å². The zero-order chi connectivity index (χ0) is 20.0. The number of benzene rings is 2. The van der Waals surface area contributed by atoms with Crippen LogP contribution in [0.5, 0.6) is 0 Å². The number of rotatable bonds is 5. The van der Waals surface area contributed by atoms with Crippen molar-refractivity contribution in [3.05, 3.63) is 65.5 Å². The molecule has 0 unspecified atom stereocenters. The molecule has 2 aromatic rings. The molecule has 0 saturated heterocycles. The van der Waals surface area contributed by atoms with E-state index in [9.17, 15) is 14.0 Å². The summed E-state index contributed by atoms with van der Waals surface area (Å²) in [7, 11) is 0. The van der Waals surface area contributed by atoms with E-state index in [1.807, 2.05) is 12.1 Å². The first-order valence-electron chi connectivity index (χ1n) is 8.64. The molecule has 2 aromatic carbocycles. The fraction of sp³-hybridized carbons (Fsp3) is 0.286. The molecule has 27 heavy (non-hydrogen) atoms. The van der Waals surface area contributed by atoms with Crippen LogP contribution in [0.1, 0.15) is 50.0 Å². The van der Waals surface area contributed by atoms with Gasteiger partial charge in [0, 0.05) is 17.0 Å². The number of carbonyl (C=O) groups excluding carboxylic acids is 2. The molecule has 0 heterocycles. The Kier molecular flexibility index (Phi) is 6.45. The van der Waals surface area contributed by atoms with Crippen LogP contribution in [0.15, 0.2) is 53.6 Å². The Morgan fingerprint density at radius 2 is 1.74 bits per heavy atom. The normalized spacial score (nSPS) is 11.8. The maximum atomic E-state index is 13.1. The largest absolute Gasteiger partial charge is 0.326 e. The fourth-order valence-electron chi connectivity index (χ4n) is 2.38. The van der Waals surface area contributed by atoms with Crippen LogP contribution >= 0.6 is 0 Å². The lowest BCUT2D eigenvalue weighted by atomic mass is 9.87. The van der Waals surface area contributed by atoms with Gasteiger partial charge in [0.1, 0.15) is 5.82 Å². The Morgan fingerprint density at radius 1 is 1.07 bits per heavy atom. The Morgan fingerprint density at radius 3 is 2.33 bits per heavy atom. The summed E-state index contributed by atoms with van der Waals surface area (Å²) in [4.78, 5) is 24.1. The van der Waals surface area contributed by atoms with E-state index in [0.717, 1.165) is 5.56 Å². The average Bonchev–Trinajstić information content (AvgIpc) is 2.59. The van der Waals surface area contributed by atoms with Gasteiger partial charge in [-0.3, -0.25) is 9.59 Å². The van der Waals surface area contributed by atoms with Crippen molar-refractivity contribution in [3.63, 3.8) is 0 Å². The molecular formula is C21H24FN3O2. The van der Waals surface area contributed by atoms with Gasteiger partial charge in [0.05, 0.1) is 6.42 Å². The lowest BCUT2D eigenvalue weighted by molar-refractivity contribution is -0.115. The van der Waals surface area contributed by atoms with Crippen LogP contribution in [-0.4, -0.2) is 17.5 Å². The second kappa shape index (κ2) is 8.58. The van der Waals surface area contributed by atoms with Gasteiger partial charge in [-0.2, -0.15) is 5.10 Å². The lowest BCUT2D eigenvalue weighted by Gasteiger charge is -2.18. The molecule has 0 bridgehead atoms. The molecule has 0 fully saturated rings. The molecule has 2 rings (SSSR count). The highest BCUT2D eigenvalue weighted by molar-refractivity contribution is 6.06. The summed E-state index contributed by atoms with van der Waals surface area (Å²) >= 11 is 0. The van der Waals surface area contributed by atoms with E-state index in [-0.39, 0.29) is 23.7 Å². The SMILES string of the molecule is C/C(CC(=O)Nc1cccc(F)c1)=N\NC(=O)c1ccc(C(C)(C)C)cc1. The van der Waals surface area contributed by atoms with Gasteiger partial charge in [-0.15, -0.1) is 0 Å². The molecule has 2 N–H and O–H groups in total. The van der Waals surface area contributed by atoms with Gasteiger partial charge < -0.3 is 5.32 Å². The van der Waals surface area contributed by atoms with Crippen molar-refractivity contribution in [2.24, 2.45) is 5.10 Å². The minimum Gasteiger partial charge on any atom is -0.326 e. The number of carbonyl (C=O) groups is 2. The first kappa shape index (κ1) is 20.3. The van der Waals surface area contributed by atoms with Crippen LogP contribution in [0.25, 0.3) is 0 Å². The van der Waals surface area contributed by atoms with Gasteiger partial charge in [0.2, 0.25) is 5.91 Å². The highest BCUT2D eigenvalue weighted by Gasteiger charge is 2.14. The zero-order valence-electron chi connectivity index (χ0n) is 16.0. The van der Waals surface area contributed by atoms with Crippen LogP contribution in [0.3, 0.4) is 0 Å². The van der Waals surface area contributed by atoms with Crippen molar-refractivity contribution in [1.29, 1.82) is 0 Å². The van der Waals surface area contributed by atoms with Crippen LogP contribution in [0, 0.1) is 5.82 Å². The minimum absolute atomic E-state index is 0.0127. The Bertz CT molecular complexity index is 852. The first-order chi connectivity index (χ1) is 12.6. The van der Waals surface area contributed by atoms with E-state index >= 15 is 0 Å². The van der Waals surface area contributed by atoms with E-state index in [0.29, 0.717) is 17.0 Å². The highest BCUT2D eigenvalue weighted by atomic mass is 19.1. The molecule has 2 amide bonds. The zero-order valence-corrected chi connectivity index (χ0v) is 16.0. The monoisotopic (exact) mass is 369 g/mol. The van der Waals surface area contributed by atoms with Gasteiger partial charge in [-0.1, -0.05) is 39.0 Å². The van der Waals surface area contributed by atoms with Gasteiger partial charge in [-0.05, 0) is 48.2 Å². The van der Waals surface area contributed by atoms with Crippen molar-refractivity contribution >= 4 is 23.2 Å². The standard InChI is InChI=1S/C21H24FN3O2/c1-14(12-19(26)23-18-7-5-6-17(22)13-18)24-25-20(27)15-8-10-16(11-9-15)21(2,3)4/h5-11,13H,12H2,1-4H3,(H,23,26)(H,25,27)/b24-14+. The Balaban J connectivity index is 1.90.